The molecule has 2 rings (SSSR count). The molecule has 0 aliphatic heterocycles. The number of aliphatic hydroxyl groups excluding tert-OH is 2. The molecule has 0 amide bonds. The summed E-state index contributed by atoms with van der Waals surface area (Å²) in [5.41, 5.74) is 0.476. The van der Waals surface area contributed by atoms with Gasteiger partial charge < -0.3 is 19.7 Å². The molecule has 0 unspecified atom stereocenters. The van der Waals surface area contributed by atoms with Gasteiger partial charge in [0.15, 0.2) is 5.76 Å². The molecule has 0 heterocycles. The van der Waals surface area contributed by atoms with Crippen molar-refractivity contribution in [2.45, 2.75) is 0 Å². The molecular weight excluding hydrogens is 284 g/mol. The Balaban J connectivity index is 2.43. The van der Waals surface area contributed by atoms with Gasteiger partial charge in [0, 0.05) is 11.6 Å². The Morgan fingerprint density at radius 3 is 2.23 bits per heavy atom. The summed E-state index contributed by atoms with van der Waals surface area (Å²) in [7, 11) is 2.90. The van der Waals surface area contributed by atoms with Crippen LogP contribution in [0.4, 0.5) is 0 Å². The third-order valence-corrected chi connectivity index (χ3v) is 3.14. The zero-order valence-electron chi connectivity index (χ0n) is 12.2. The average Bonchev–Trinajstić information content (AvgIpc) is 2.59. The Kier molecular flexibility index (Phi) is 4.68. The number of hydrogen-bond acceptors (Lipinski definition) is 5. The molecule has 0 spiro atoms. The molecule has 5 nitrogen and oxygen atoms in total. The van der Waals surface area contributed by atoms with Crippen molar-refractivity contribution in [1.29, 1.82) is 0 Å². The Hall–Kier alpha value is -2.95. The summed E-state index contributed by atoms with van der Waals surface area (Å²) in [6.45, 7) is 0. The summed E-state index contributed by atoms with van der Waals surface area (Å²) >= 11 is 0. The van der Waals surface area contributed by atoms with Gasteiger partial charge in [-0.15, -0.1) is 0 Å². The van der Waals surface area contributed by atoms with Gasteiger partial charge in [0.05, 0.1) is 19.8 Å². The van der Waals surface area contributed by atoms with Crippen LogP contribution in [0.5, 0.6) is 11.5 Å². The summed E-state index contributed by atoms with van der Waals surface area (Å²) in [5, 5.41) is 20.1. The third kappa shape index (κ3) is 3.03. The number of ether oxygens (including phenoxy) is 2. The van der Waals surface area contributed by atoms with Crippen LogP contribution in [0.2, 0.25) is 0 Å². The Labute approximate surface area is 128 Å². The van der Waals surface area contributed by atoms with Gasteiger partial charge in [-0.05, 0) is 12.1 Å². The van der Waals surface area contributed by atoms with Crippen molar-refractivity contribution in [1.82, 2.24) is 0 Å². The first-order valence-electron chi connectivity index (χ1n) is 6.52. The Morgan fingerprint density at radius 2 is 1.64 bits per heavy atom. The predicted molar refractivity (Wildman–Crippen MR) is 82.5 cm³/mol. The van der Waals surface area contributed by atoms with Gasteiger partial charge in [0.2, 0.25) is 11.5 Å². The summed E-state index contributed by atoms with van der Waals surface area (Å²) in [4.78, 5) is 12.4. The highest BCUT2D eigenvalue weighted by molar-refractivity contribution is 6.12. The number of carbonyl (C=O) groups is 1. The van der Waals surface area contributed by atoms with Gasteiger partial charge in [-0.3, -0.25) is 4.79 Å². The van der Waals surface area contributed by atoms with Gasteiger partial charge in [0.1, 0.15) is 11.5 Å². The second kappa shape index (κ2) is 6.67. The fourth-order valence-corrected chi connectivity index (χ4v) is 1.95. The number of hydrogen-bond donors (Lipinski definition) is 2. The lowest BCUT2D eigenvalue weighted by atomic mass is 10.0. The monoisotopic (exact) mass is 300 g/mol. The van der Waals surface area contributed by atoms with Gasteiger partial charge in [0.25, 0.3) is 0 Å². The van der Waals surface area contributed by atoms with Crippen LogP contribution in [0.25, 0.3) is 5.76 Å². The molecule has 0 bridgehead atoms. The molecule has 0 fully saturated rings. The molecule has 22 heavy (non-hydrogen) atoms. The summed E-state index contributed by atoms with van der Waals surface area (Å²) < 4.78 is 10.2. The van der Waals surface area contributed by atoms with Crippen molar-refractivity contribution in [2.24, 2.45) is 0 Å². The summed E-state index contributed by atoms with van der Waals surface area (Å²) in [6.07, 6.45) is 0. The van der Waals surface area contributed by atoms with Crippen LogP contribution in [0.3, 0.4) is 0 Å². The number of carbonyl (C=O) groups excluding carboxylic acids is 1. The van der Waals surface area contributed by atoms with Crippen LogP contribution >= 0.6 is 0 Å². The molecule has 0 saturated heterocycles. The standard InChI is InChI=1S/C17H16O5/c1-21-12-8-9-13(14(10-12)22-2)16(19)17(20)15(18)11-6-4-3-5-7-11/h3-10,18,20H,1-2H3/b17-15+. The van der Waals surface area contributed by atoms with Gasteiger partial charge in [-0.1, -0.05) is 30.3 Å². The maximum atomic E-state index is 12.4. The van der Waals surface area contributed by atoms with E-state index in [0.717, 1.165) is 0 Å². The second-order valence-corrected chi connectivity index (χ2v) is 4.46. The summed E-state index contributed by atoms with van der Waals surface area (Å²) in [5.74, 6) is -1.19. The van der Waals surface area contributed by atoms with Crippen LogP contribution in [0, 0.1) is 0 Å². The third-order valence-electron chi connectivity index (χ3n) is 3.14. The number of benzene rings is 2. The van der Waals surface area contributed by atoms with E-state index < -0.39 is 17.3 Å². The van der Waals surface area contributed by atoms with Crippen LogP contribution in [-0.2, 0) is 0 Å². The number of rotatable bonds is 5. The summed E-state index contributed by atoms with van der Waals surface area (Å²) in [6, 6.07) is 12.9. The largest absolute Gasteiger partial charge is 0.504 e. The van der Waals surface area contributed by atoms with Gasteiger partial charge in [-0.25, -0.2) is 0 Å². The normalized spacial score (nSPS) is 11.5. The zero-order chi connectivity index (χ0) is 16.1. The maximum Gasteiger partial charge on any atom is 0.234 e. The number of allylic oxidation sites excluding steroid dienone is 1. The van der Waals surface area contributed by atoms with Crippen molar-refractivity contribution in [3.8, 4) is 11.5 Å². The number of aliphatic hydroxyl groups is 2. The van der Waals surface area contributed by atoms with E-state index in [2.05, 4.69) is 0 Å². The lowest BCUT2D eigenvalue weighted by molar-refractivity contribution is 0.0972. The first-order chi connectivity index (χ1) is 10.6. The highest BCUT2D eigenvalue weighted by Gasteiger charge is 2.21. The predicted octanol–water partition coefficient (Wildman–Crippen LogP) is 3.37. The van der Waals surface area contributed by atoms with Gasteiger partial charge >= 0.3 is 0 Å². The minimum absolute atomic E-state index is 0.128. The van der Waals surface area contributed by atoms with E-state index in [1.54, 1.807) is 36.4 Å². The number of ketones is 1. The van der Waals surface area contributed by atoms with Crippen molar-refractivity contribution >= 4 is 11.5 Å². The van der Waals surface area contributed by atoms with Crippen LogP contribution in [0.15, 0.2) is 54.3 Å². The Morgan fingerprint density at radius 1 is 0.955 bits per heavy atom. The molecule has 2 aromatic carbocycles. The highest BCUT2D eigenvalue weighted by atomic mass is 16.5. The molecule has 0 atom stereocenters. The first kappa shape index (κ1) is 15.4. The van der Waals surface area contributed by atoms with E-state index in [1.165, 1.54) is 26.4 Å². The molecule has 0 saturated carbocycles. The maximum absolute atomic E-state index is 12.4. The molecule has 0 aliphatic rings. The topological polar surface area (TPSA) is 76.0 Å². The lowest BCUT2D eigenvalue weighted by Crippen LogP contribution is -2.08. The van der Waals surface area contributed by atoms with Crippen molar-refractivity contribution in [2.75, 3.05) is 14.2 Å². The van der Waals surface area contributed by atoms with Crippen molar-refractivity contribution in [3.63, 3.8) is 0 Å². The smallest absolute Gasteiger partial charge is 0.234 e. The van der Waals surface area contributed by atoms with Crippen LogP contribution in [-0.4, -0.2) is 30.2 Å². The minimum atomic E-state index is -0.741. The second-order valence-electron chi connectivity index (χ2n) is 4.46. The minimum Gasteiger partial charge on any atom is -0.504 e. The fraction of sp³-hybridized carbons (Fsp3) is 0.118. The van der Waals surface area contributed by atoms with Gasteiger partial charge in [-0.2, -0.15) is 0 Å². The van der Waals surface area contributed by atoms with Crippen LogP contribution in [0.1, 0.15) is 15.9 Å². The number of methoxy groups -OCH3 is 2. The van der Waals surface area contributed by atoms with Crippen molar-refractivity contribution in [3.05, 3.63) is 65.4 Å². The quantitative estimate of drug-likeness (QED) is 0.503. The zero-order valence-corrected chi connectivity index (χ0v) is 12.2. The van der Waals surface area contributed by atoms with E-state index in [-0.39, 0.29) is 11.3 Å². The number of Topliss-reactive ketones (excluding diaryl/α,β-unsaturated/α-hetero) is 1. The molecule has 0 aromatic heterocycles. The van der Waals surface area contributed by atoms with Crippen molar-refractivity contribution < 1.29 is 24.5 Å². The van der Waals surface area contributed by atoms with E-state index in [1.807, 2.05) is 0 Å². The van der Waals surface area contributed by atoms with E-state index >= 15 is 0 Å². The van der Waals surface area contributed by atoms with E-state index in [9.17, 15) is 15.0 Å². The molecule has 0 aliphatic carbocycles. The lowest BCUT2D eigenvalue weighted by Gasteiger charge is -2.10. The molecule has 114 valence electrons. The average molecular weight is 300 g/mol. The molecule has 0 radical (unpaired) electrons. The van der Waals surface area contributed by atoms with E-state index in [0.29, 0.717) is 11.3 Å². The molecule has 2 N–H and O–H groups in total. The highest BCUT2D eigenvalue weighted by Crippen LogP contribution is 2.27. The SMILES string of the molecule is COc1ccc(C(=O)/C(O)=C(\O)c2ccccc2)c(OC)c1. The molecule has 2 aromatic rings. The molecule has 5 heteroatoms. The Bertz CT molecular complexity index is 704. The first-order valence-corrected chi connectivity index (χ1v) is 6.52. The van der Waals surface area contributed by atoms with Crippen LogP contribution < -0.4 is 9.47 Å². The van der Waals surface area contributed by atoms with E-state index in [4.69, 9.17) is 9.47 Å². The molecular formula is C17H16O5. The fourth-order valence-electron chi connectivity index (χ4n) is 1.95.